The van der Waals surface area contributed by atoms with Crippen molar-refractivity contribution >= 4 is 46.7 Å². The van der Waals surface area contributed by atoms with Crippen molar-refractivity contribution in [1.82, 2.24) is 19.6 Å². The molecule has 1 aliphatic heterocycles. The Morgan fingerprint density at radius 3 is 2.43 bits per heavy atom. The molecule has 0 radical (unpaired) electrons. The van der Waals surface area contributed by atoms with E-state index in [9.17, 15) is 19.6 Å². The molecule has 8 rings (SSSR count). The fourth-order valence-electron chi connectivity index (χ4n) is 6.45. The average Bonchev–Trinajstić information content (AvgIpc) is 3.87. The van der Waals surface area contributed by atoms with E-state index in [2.05, 4.69) is 15.1 Å². The number of carbonyl (C=O) groups excluding carboxylic acids is 1. The number of nitrogens with zero attached hydrogens (tertiary/aromatic N) is 3. The highest BCUT2D eigenvalue weighted by Gasteiger charge is 2.46. The van der Waals surface area contributed by atoms with E-state index in [4.69, 9.17) is 22.9 Å². The second kappa shape index (κ2) is 14.6. The molecule has 3 aromatic heterocycles. The lowest BCUT2D eigenvalue weighted by Crippen LogP contribution is -2.37. The van der Waals surface area contributed by atoms with E-state index in [1.165, 1.54) is 13.3 Å². The quantitative estimate of drug-likeness (QED) is 0.0917. The molecule has 53 heavy (non-hydrogen) atoms. The van der Waals surface area contributed by atoms with Crippen LogP contribution in [0.2, 0.25) is 0 Å². The molecular weight excluding hydrogens is 699 g/mol. The third kappa shape index (κ3) is 6.94. The third-order valence-corrected chi connectivity index (χ3v) is 10.7. The van der Waals surface area contributed by atoms with E-state index in [1.807, 2.05) is 78.9 Å². The first kappa shape index (κ1) is 34.7. The number of hydrogen-bond donors (Lipinski definition) is 3. The number of carbonyl (C=O) groups is 1. The molecule has 1 fully saturated rings. The van der Waals surface area contributed by atoms with E-state index >= 15 is 0 Å². The number of para-hydroxylation sites is 3. The number of furan rings is 1. The zero-order chi connectivity index (χ0) is 36.5. The van der Waals surface area contributed by atoms with E-state index in [1.54, 1.807) is 41.1 Å². The van der Waals surface area contributed by atoms with Gasteiger partial charge in [-0.05, 0) is 42.8 Å². The lowest BCUT2D eigenvalue weighted by Gasteiger charge is -2.24. The number of esters is 1. The van der Waals surface area contributed by atoms with Gasteiger partial charge in [-0.3, -0.25) is 9.32 Å². The molecule has 1 aliphatic rings. The van der Waals surface area contributed by atoms with Crippen molar-refractivity contribution in [1.29, 1.82) is 0 Å². The van der Waals surface area contributed by atoms with E-state index < -0.39 is 50.9 Å². The SMILES string of the molecule is C[C@H](NP(=O)(OC[C@H]1O[C@@H](n2ccc3c(-c4cccc5c4oc4ccccc45)ncnc32)[C@H](O)[C@@H]1O)Oc1ccccc1)C(=O)OCc1ccccc1. The number of hydrogen-bond acceptors (Lipinski definition) is 11. The standard InChI is InChI=1S/C39H35N4O9P/c1-24(39(46)48-21-25-11-4-2-5-12-25)42-53(47,52-26-13-6-3-7-14-26)49-22-32-34(44)35(45)38(51-32)43-20-19-30-33(40-23-41-37(30)43)29-17-10-16-28-27-15-8-9-18-31(27)50-36(28)29/h2-20,23-24,32,34-35,38,44-45H,21-22H2,1H3,(H,42,47)/t24-,32+,34+,35+,38+,53?/m0/s1. The summed E-state index contributed by atoms with van der Waals surface area (Å²) in [6, 6.07) is 31.8. The Morgan fingerprint density at radius 1 is 0.887 bits per heavy atom. The molecule has 1 saturated heterocycles. The van der Waals surface area contributed by atoms with Gasteiger partial charge in [-0.2, -0.15) is 5.09 Å². The largest absolute Gasteiger partial charge is 0.460 e. The van der Waals surface area contributed by atoms with Crippen LogP contribution >= 0.6 is 7.75 Å². The number of ether oxygens (including phenoxy) is 2. The van der Waals surface area contributed by atoms with Crippen molar-refractivity contribution in [3.8, 4) is 17.0 Å². The summed E-state index contributed by atoms with van der Waals surface area (Å²) >= 11 is 0. The molecule has 1 unspecified atom stereocenters. The Morgan fingerprint density at radius 2 is 1.62 bits per heavy atom. The molecule has 0 bridgehead atoms. The third-order valence-electron chi connectivity index (χ3n) is 9.09. The van der Waals surface area contributed by atoms with Crippen molar-refractivity contribution in [2.24, 2.45) is 0 Å². The molecule has 0 spiro atoms. The molecule has 6 atom stereocenters. The average molecular weight is 735 g/mol. The fraction of sp³-hybridized carbons (Fsp3) is 0.205. The zero-order valence-electron chi connectivity index (χ0n) is 28.4. The van der Waals surface area contributed by atoms with Gasteiger partial charge in [0.25, 0.3) is 0 Å². The first-order valence-corrected chi connectivity index (χ1v) is 18.5. The van der Waals surface area contributed by atoms with Crippen LogP contribution in [0.25, 0.3) is 44.2 Å². The highest BCUT2D eigenvalue weighted by Crippen LogP contribution is 2.46. The molecule has 3 N–H and O–H groups in total. The van der Waals surface area contributed by atoms with Crippen molar-refractivity contribution in [2.75, 3.05) is 6.61 Å². The van der Waals surface area contributed by atoms with Crippen LogP contribution in [0.5, 0.6) is 5.75 Å². The second-order valence-electron chi connectivity index (χ2n) is 12.7. The Labute approximate surface area is 303 Å². The van der Waals surface area contributed by atoms with Gasteiger partial charge >= 0.3 is 13.7 Å². The number of fused-ring (bicyclic) bond motifs is 4. The zero-order valence-corrected chi connectivity index (χ0v) is 29.3. The first-order chi connectivity index (χ1) is 25.8. The fourth-order valence-corrected chi connectivity index (χ4v) is 7.95. The van der Waals surface area contributed by atoms with E-state index in [-0.39, 0.29) is 12.4 Å². The normalized spacial score (nSPS) is 20.4. The van der Waals surface area contributed by atoms with Gasteiger partial charge in [0.1, 0.15) is 59.9 Å². The number of rotatable bonds is 12. The summed E-state index contributed by atoms with van der Waals surface area (Å²) in [5.74, 6) is -0.467. The first-order valence-electron chi connectivity index (χ1n) is 17.0. The minimum atomic E-state index is -4.30. The molecule has 0 aliphatic carbocycles. The van der Waals surface area contributed by atoms with Crippen LogP contribution in [-0.2, 0) is 30.0 Å². The van der Waals surface area contributed by atoms with Crippen LogP contribution in [0.15, 0.2) is 126 Å². The number of nitrogens with one attached hydrogen (secondary N) is 1. The van der Waals surface area contributed by atoms with Gasteiger partial charge in [-0.1, -0.05) is 78.9 Å². The van der Waals surface area contributed by atoms with Crippen molar-refractivity contribution in [2.45, 2.75) is 44.1 Å². The summed E-state index contributed by atoms with van der Waals surface area (Å²) in [7, 11) is -4.30. The smallest absolute Gasteiger partial charge is 0.459 e. The minimum Gasteiger partial charge on any atom is -0.460 e. The van der Waals surface area contributed by atoms with Crippen LogP contribution in [0, 0.1) is 0 Å². The molecule has 7 aromatic rings. The summed E-state index contributed by atoms with van der Waals surface area (Å²) in [5.41, 5.74) is 4.06. The summed E-state index contributed by atoms with van der Waals surface area (Å²) in [4.78, 5) is 22.0. The van der Waals surface area contributed by atoms with Crippen LogP contribution < -0.4 is 9.61 Å². The monoisotopic (exact) mass is 734 g/mol. The Kier molecular flexibility index (Phi) is 9.52. The van der Waals surface area contributed by atoms with Gasteiger partial charge in [-0.15, -0.1) is 0 Å². The van der Waals surface area contributed by atoms with Crippen LogP contribution in [0.1, 0.15) is 18.7 Å². The van der Waals surface area contributed by atoms with Crippen LogP contribution in [0.3, 0.4) is 0 Å². The maximum absolute atomic E-state index is 14.1. The van der Waals surface area contributed by atoms with Crippen molar-refractivity contribution in [3.05, 3.63) is 127 Å². The highest BCUT2D eigenvalue weighted by molar-refractivity contribution is 7.52. The second-order valence-corrected chi connectivity index (χ2v) is 14.3. The van der Waals surface area contributed by atoms with Gasteiger partial charge < -0.3 is 33.2 Å². The summed E-state index contributed by atoms with van der Waals surface area (Å²) in [6.45, 7) is 1.03. The number of aliphatic hydroxyl groups excluding tert-OH is 2. The number of benzene rings is 4. The van der Waals surface area contributed by atoms with Crippen molar-refractivity contribution in [3.63, 3.8) is 0 Å². The minimum absolute atomic E-state index is 0.0217. The Balaban J connectivity index is 1.01. The van der Waals surface area contributed by atoms with Crippen LogP contribution in [-0.4, -0.2) is 61.7 Å². The summed E-state index contributed by atoms with van der Waals surface area (Å²) < 4.78 is 45.1. The van der Waals surface area contributed by atoms with Gasteiger partial charge in [-0.25, -0.2) is 14.5 Å². The summed E-state index contributed by atoms with van der Waals surface area (Å²) in [5, 5.41) is 27.6. The Bertz CT molecular complexity index is 2440. The number of aromatic nitrogens is 3. The molecule has 4 heterocycles. The van der Waals surface area contributed by atoms with Gasteiger partial charge in [0.15, 0.2) is 6.23 Å². The molecule has 4 aromatic carbocycles. The van der Waals surface area contributed by atoms with Crippen molar-refractivity contribution < 1.29 is 42.5 Å². The molecule has 0 saturated carbocycles. The highest BCUT2D eigenvalue weighted by atomic mass is 31.2. The van der Waals surface area contributed by atoms with Gasteiger partial charge in [0.2, 0.25) is 0 Å². The molecule has 14 heteroatoms. The topological polar surface area (TPSA) is 167 Å². The van der Waals surface area contributed by atoms with Gasteiger partial charge in [0, 0.05) is 27.9 Å². The molecule has 13 nitrogen and oxygen atoms in total. The molecule has 270 valence electrons. The maximum atomic E-state index is 14.1. The predicted molar refractivity (Wildman–Crippen MR) is 196 cm³/mol. The van der Waals surface area contributed by atoms with Crippen LogP contribution in [0.4, 0.5) is 0 Å². The number of aliphatic hydroxyl groups is 2. The molecule has 0 amide bonds. The Hall–Kier alpha value is -5.40. The van der Waals surface area contributed by atoms with Gasteiger partial charge in [0.05, 0.1) is 12.3 Å². The lowest BCUT2D eigenvalue weighted by molar-refractivity contribution is -0.146. The van der Waals surface area contributed by atoms with E-state index in [0.29, 0.717) is 22.3 Å². The summed E-state index contributed by atoms with van der Waals surface area (Å²) in [6.07, 6.45) is -1.97. The van der Waals surface area contributed by atoms with E-state index in [0.717, 1.165) is 27.5 Å². The maximum Gasteiger partial charge on any atom is 0.459 e. The molecular formula is C39H35N4O9P. The predicted octanol–water partition coefficient (Wildman–Crippen LogP) is 6.54. The lowest BCUT2D eigenvalue weighted by atomic mass is 10.0.